The van der Waals surface area contributed by atoms with Gasteiger partial charge in [-0.3, -0.25) is 9.59 Å². The number of aldehydes is 1. The molecule has 368 valence electrons. The number of carbonyl (C=O) groups is 3. The zero-order valence-electron chi connectivity index (χ0n) is 39.7. The molecule has 3 saturated heterocycles. The minimum absolute atomic E-state index is 0.00788. The second-order valence-corrected chi connectivity index (χ2v) is 18.7. The van der Waals surface area contributed by atoms with Gasteiger partial charge < -0.3 is 77.9 Å². The van der Waals surface area contributed by atoms with Gasteiger partial charge in [0.1, 0.15) is 49.0 Å². The van der Waals surface area contributed by atoms with Crippen molar-refractivity contribution in [3.05, 3.63) is 23.8 Å². The van der Waals surface area contributed by atoms with Crippen LogP contribution in [-0.4, -0.2) is 187 Å². The molecule has 4 aliphatic rings. The van der Waals surface area contributed by atoms with E-state index in [1.807, 2.05) is 19.9 Å². The van der Waals surface area contributed by atoms with Gasteiger partial charge in [0.15, 0.2) is 24.7 Å². The molecule has 0 aliphatic carbocycles. The number of aliphatic hydroxyl groups excluding tert-OH is 4. The van der Waals surface area contributed by atoms with Crippen LogP contribution in [0.2, 0.25) is 0 Å². The van der Waals surface area contributed by atoms with Crippen LogP contribution >= 0.6 is 0 Å². The molecule has 0 amide bonds. The Labute approximate surface area is 378 Å². The maximum atomic E-state index is 13.8. The summed E-state index contributed by atoms with van der Waals surface area (Å²) in [6, 6.07) is -0.748. The van der Waals surface area contributed by atoms with Crippen molar-refractivity contribution in [2.45, 2.75) is 191 Å². The molecule has 0 aromatic carbocycles. The molecule has 0 bridgehead atoms. The van der Waals surface area contributed by atoms with Crippen LogP contribution in [0.3, 0.4) is 0 Å². The highest BCUT2D eigenvalue weighted by Crippen LogP contribution is 2.37. The highest BCUT2D eigenvalue weighted by Gasteiger charge is 2.52. The number of carbonyl (C=O) groups excluding carboxylic acids is 3. The lowest BCUT2D eigenvalue weighted by Crippen LogP contribution is -2.65. The second-order valence-electron chi connectivity index (χ2n) is 18.7. The topological polar surface area (TPSA) is 239 Å². The van der Waals surface area contributed by atoms with Gasteiger partial charge in [0, 0.05) is 44.8 Å². The third kappa shape index (κ3) is 13.5. The van der Waals surface area contributed by atoms with E-state index in [1.165, 1.54) is 27.2 Å². The predicted octanol–water partition coefficient (Wildman–Crippen LogP) is 1.83. The fourth-order valence-corrected chi connectivity index (χ4v) is 9.51. The Morgan fingerprint density at radius 3 is 2.11 bits per heavy atom. The average molecular weight is 916 g/mol. The Morgan fingerprint density at radius 1 is 0.859 bits per heavy atom. The molecular weight excluding hydrogens is 838 g/mol. The van der Waals surface area contributed by atoms with Gasteiger partial charge in [-0.2, -0.15) is 0 Å². The molecule has 0 radical (unpaired) electrons. The summed E-state index contributed by atoms with van der Waals surface area (Å²) in [7, 11) is 6.43. The normalized spacial score (nSPS) is 45.9. The van der Waals surface area contributed by atoms with E-state index in [1.54, 1.807) is 59.7 Å². The fraction of sp³-hybridized carbons (Fsp3) is 0.848. The molecule has 4 aliphatic heterocycles. The van der Waals surface area contributed by atoms with E-state index in [-0.39, 0.29) is 31.7 Å². The standard InChI is InChI=1S/C46H77NO17/c1-13-33-30(22-58-45-42(57-12)41(56-11)37(52)26(5)60-45)18-23(2)14-15-31(49)24(3)19-29(16-17-48)39(25(4)32(50)20-34(51)62-33)64-44-38(53)36(47(9)10)40(27(6)61-44)63-35-21-46(8,55)43(54)28(7)59-35/h14-15,17-18,24-30,32-33,35-45,50,52-55H,13,16,19-22H2,1-12H3/b15-14-,23-18-/t24-,25+,26-,27-,28+,29+,30-,32-,33-,35+,36-,37-,38-,39-,40-,41-,42-,43+,44+,45-,46-/m1/s1. The predicted molar refractivity (Wildman–Crippen MR) is 230 cm³/mol. The first-order chi connectivity index (χ1) is 30.1. The SMILES string of the molecule is CC[C@H]1OC(=O)C[C@@H](O)[C@H](C)[C@@H](O[C@@H]2O[C@H](C)[C@@H](O[C@H]3C[C@@](C)(O)[C@@H](O)[C@H](C)O3)[C@H](N(C)C)[C@H]2O)[C@@H](CC=O)C[C@@H](C)C(=O)/C=C\C(C)=C/[C@@H]1CO[C@@H]1O[C@H](C)[C@@H](O)[C@@H](OC)[C@H]1OC. The molecule has 4 rings (SSSR count). The summed E-state index contributed by atoms with van der Waals surface area (Å²) < 4.78 is 54.7. The number of ether oxygens (including phenoxy) is 9. The summed E-state index contributed by atoms with van der Waals surface area (Å²) in [5, 5.41) is 55.8. The Hall–Kier alpha value is -2.27. The lowest BCUT2D eigenvalue weighted by molar-refractivity contribution is -0.341. The number of cyclic esters (lactones) is 1. The molecule has 0 aromatic heterocycles. The maximum Gasteiger partial charge on any atom is 0.308 e. The quantitative estimate of drug-likeness (QED) is 0.131. The molecule has 18 nitrogen and oxygen atoms in total. The van der Waals surface area contributed by atoms with Crippen LogP contribution in [0.25, 0.3) is 0 Å². The van der Waals surface area contributed by atoms with E-state index in [0.717, 1.165) is 6.29 Å². The Balaban J connectivity index is 1.62. The molecule has 64 heavy (non-hydrogen) atoms. The molecule has 21 atom stereocenters. The van der Waals surface area contributed by atoms with Crippen molar-refractivity contribution in [1.82, 2.24) is 4.90 Å². The average Bonchev–Trinajstić information content (AvgIpc) is 3.23. The van der Waals surface area contributed by atoms with Gasteiger partial charge in [-0.1, -0.05) is 38.5 Å². The van der Waals surface area contributed by atoms with Gasteiger partial charge in [0.05, 0.1) is 55.2 Å². The van der Waals surface area contributed by atoms with Crippen molar-refractivity contribution >= 4 is 18.0 Å². The van der Waals surface area contributed by atoms with E-state index < -0.39 is 140 Å². The van der Waals surface area contributed by atoms with Gasteiger partial charge in [0.25, 0.3) is 0 Å². The second kappa shape index (κ2) is 24.1. The van der Waals surface area contributed by atoms with Gasteiger partial charge in [0.2, 0.25) is 0 Å². The van der Waals surface area contributed by atoms with Crippen LogP contribution in [0, 0.1) is 23.7 Å². The molecule has 18 heteroatoms. The zero-order valence-corrected chi connectivity index (χ0v) is 39.7. The molecule has 0 unspecified atom stereocenters. The van der Waals surface area contributed by atoms with Gasteiger partial charge >= 0.3 is 5.97 Å². The number of nitrogens with zero attached hydrogens (tertiary/aromatic N) is 1. The summed E-state index contributed by atoms with van der Waals surface area (Å²) in [5.41, 5.74) is -0.806. The fourth-order valence-electron chi connectivity index (χ4n) is 9.51. The Morgan fingerprint density at radius 2 is 1.52 bits per heavy atom. The van der Waals surface area contributed by atoms with Crippen molar-refractivity contribution in [2.24, 2.45) is 23.7 Å². The number of likely N-dealkylation sites (N-methyl/N-ethyl adjacent to an activating group) is 1. The van der Waals surface area contributed by atoms with E-state index in [0.29, 0.717) is 12.0 Å². The Bertz CT molecular complexity index is 1560. The van der Waals surface area contributed by atoms with Crippen LogP contribution in [-0.2, 0) is 57.0 Å². The minimum Gasteiger partial charge on any atom is -0.462 e. The summed E-state index contributed by atoms with van der Waals surface area (Å²) in [6.07, 6.45) is -8.49. The number of esters is 1. The first-order valence-electron chi connectivity index (χ1n) is 22.7. The molecule has 0 spiro atoms. The molecule has 5 N–H and O–H groups in total. The molecule has 0 aromatic rings. The summed E-state index contributed by atoms with van der Waals surface area (Å²) in [6.45, 7) is 13.6. The van der Waals surface area contributed by atoms with E-state index >= 15 is 0 Å². The molecule has 3 fully saturated rings. The number of rotatable bonds is 13. The van der Waals surface area contributed by atoms with Crippen LogP contribution < -0.4 is 0 Å². The van der Waals surface area contributed by atoms with Crippen molar-refractivity contribution in [3.8, 4) is 0 Å². The summed E-state index contributed by atoms with van der Waals surface area (Å²) in [4.78, 5) is 41.5. The van der Waals surface area contributed by atoms with Crippen molar-refractivity contribution in [2.75, 3.05) is 34.9 Å². The largest absolute Gasteiger partial charge is 0.462 e. The smallest absolute Gasteiger partial charge is 0.308 e. The molecule has 4 heterocycles. The van der Waals surface area contributed by atoms with Crippen molar-refractivity contribution in [3.63, 3.8) is 0 Å². The van der Waals surface area contributed by atoms with Crippen molar-refractivity contribution in [1.29, 1.82) is 0 Å². The van der Waals surface area contributed by atoms with Gasteiger partial charge in [-0.25, -0.2) is 0 Å². The highest BCUT2D eigenvalue weighted by atomic mass is 16.7. The van der Waals surface area contributed by atoms with Crippen molar-refractivity contribution < 1.29 is 82.5 Å². The minimum atomic E-state index is -1.49. The monoisotopic (exact) mass is 916 g/mol. The number of methoxy groups -OCH3 is 2. The van der Waals surface area contributed by atoms with Crippen LogP contribution in [0.5, 0.6) is 0 Å². The highest BCUT2D eigenvalue weighted by molar-refractivity contribution is 5.91. The van der Waals surface area contributed by atoms with E-state index in [2.05, 4.69) is 0 Å². The lowest BCUT2D eigenvalue weighted by Gasteiger charge is -2.50. The number of hydrogen-bond acceptors (Lipinski definition) is 18. The Kier molecular flexibility index (Phi) is 20.5. The third-order valence-corrected chi connectivity index (χ3v) is 13.4. The number of ketones is 1. The number of allylic oxidation sites excluding steroid dienone is 3. The van der Waals surface area contributed by atoms with E-state index in [9.17, 15) is 39.9 Å². The first kappa shape index (κ1) is 54.3. The lowest BCUT2D eigenvalue weighted by atomic mass is 9.79. The van der Waals surface area contributed by atoms with E-state index in [4.69, 9.17) is 42.6 Å². The molecular formula is C46H77NO17. The summed E-state index contributed by atoms with van der Waals surface area (Å²) in [5.74, 6) is -3.59. The van der Waals surface area contributed by atoms with Crippen LogP contribution in [0.15, 0.2) is 23.8 Å². The summed E-state index contributed by atoms with van der Waals surface area (Å²) >= 11 is 0. The van der Waals surface area contributed by atoms with Crippen LogP contribution in [0.1, 0.15) is 87.5 Å². The third-order valence-electron chi connectivity index (χ3n) is 13.4. The number of hydrogen-bond donors (Lipinski definition) is 5. The first-order valence-corrected chi connectivity index (χ1v) is 22.7. The van der Waals surface area contributed by atoms with Crippen LogP contribution in [0.4, 0.5) is 0 Å². The maximum absolute atomic E-state index is 13.8. The molecule has 0 saturated carbocycles. The zero-order chi connectivity index (χ0) is 47.8. The number of aliphatic hydroxyl groups is 5. The van der Waals surface area contributed by atoms with Gasteiger partial charge in [-0.05, 0) is 73.5 Å². The van der Waals surface area contributed by atoms with Gasteiger partial charge in [-0.15, -0.1) is 0 Å².